The number of benzene rings is 1. The fourth-order valence-corrected chi connectivity index (χ4v) is 1.41. The molecular formula is C11H14N2O2S. The third-order valence-electron chi connectivity index (χ3n) is 2.05. The Morgan fingerprint density at radius 2 is 2.06 bits per heavy atom. The van der Waals surface area contributed by atoms with Gasteiger partial charge < -0.3 is 16.2 Å². The Bertz CT molecular complexity index is 368. The molecule has 0 aliphatic heterocycles. The molecule has 1 rings (SSSR count). The first-order chi connectivity index (χ1) is 7.59. The quantitative estimate of drug-likeness (QED) is 0.653. The molecule has 0 heterocycles. The molecule has 0 bridgehead atoms. The molecule has 1 atom stereocenters. The lowest BCUT2D eigenvalue weighted by molar-refractivity contribution is -0.135. The van der Waals surface area contributed by atoms with Gasteiger partial charge in [0.2, 0.25) is 0 Å². The summed E-state index contributed by atoms with van der Waals surface area (Å²) in [7, 11) is 0. The number of hydrogen-bond acceptors (Lipinski definition) is 3. The summed E-state index contributed by atoms with van der Waals surface area (Å²) in [6, 6.07) is 9.35. The zero-order chi connectivity index (χ0) is 12.0. The van der Waals surface area contributed by atoms with Crippen LogP contribution in [0.25, 0.3) is 0 Å². The van der Waals surface area contributed by atoms with Crippen LogP contribution in [0.1, 0.15) is 5.56 Å². The van der Waals surface area contributed by atoms with Gasteiger partial charge in [-0.25, -0.2) is 0 Å². The van der Waals surface area contributed by atoms with Gasteiger partial charge in [0.05, 0.1) is 11.0 Å². The molecule has 0 amide bonds. The first-order valence-electron chi connectivity index (χ1n) is 4.88. The van der Waals surface area contributed by atoms with Crippen molar-refractivity contribution in [3.63, 3.8) is 0 Å². The van der Waals surface area contributed by atoms with Gasteiger partial charge in [-0.2, -0.15) is 0 Å². The first-order valence-corrected chi connectivity index (χ1v) is 5.29. The Morgan fingerprint density at radius 3 is 2.62 bits per heavy atom. The third-order valence-corrected chi connectivity index (χ3v) is 2.50. The molecule has 4 N–H and O–H groups in total. The van der Waals surface area contributed by atoms with Crippen molar-refractivity contribution in [2.24, 2.45) is 5.73 Å². The van der Waals surface area contributed by atoms with Crippen LogP contribution in [0, 0.1) is 0 Å². The van der Waals surface area contributed by atoms with Crippen LogP contribution in [0.15, 0.2) is 30.3 Å². The van der Waals surface area contributed by atoms with Gasteiger partial charge in [-0.05, 0) is 12.0 Å². The lowest BCUT2D eigenvalue weighted by Gasteiger charge is -2.13. The molecule has 0 saturated heterocycles. The molecule has 1 aromatic carbocycles. The summed E-state index contributed by atoms with van der Waals surface area (Å²) in [5.74, 6) is -0.950. The molecule has 1 aromatic rings. The molecule has 0 fully saturated rings. The summed E-state index contributed by atoms with van der Waals surface area (Å²) in [6.07, 6.45) is 0.603. The van der Waals surface area contributed by atoms with E-state index in [2.05, 4.69) is 5.32 Å². The molecule has 0 unspecified atom stereocenters. The van der Waals surface area contributed by atoms with Crippen molar-refractivity contribution in [1.29, 1.82) is 0 Å². The molecule has 5 heteroatoms. The van der Waals surface area contributed by atoms with E-state index in [1.54, 1.807) is 0 Å². The summed E-state index contributed by atoms with van der Waals surface area (Å²) in [5, 5.41) is 11.1. The van der Waals surface area contributed by atoms with Crippen LogP contribution in [0.5, 0.6) is 0 Å². The predicted molar refractivity (Wildman–Crippen MR) is 66.4 cm³/mol. The summed E-state index contributed by atoms with van der Waals surface area (Å²) in [4.78, 5) is 10.7. The predicted octanol–water partition coefficient (Wildman–Crippen LogP) is 0.558. The van der Waals surface area contributed by atoms with Gasteiger partial charge in [-0.1, -0.05) is 42.5 Å². The van der Waals surface area contributed by atoms with Crippen LogP contribution in [0.2, 0.25) is 0 Å². The minimum atomic E-state index is -0.950. The summed E-state index contributed by atoms with van der Waals surface area (Å²) in [5.41, 5.74) is 6.92. The van der Waals surface area contributed by atoms with E-state index in [0.29, 0.717) is 11.4 Å². The maximum atomic E-state index is 10.3. The van der Waals surface area contributed by atoms with Crippen LogP contribution in [0.3, 0.4) is 0 Å². The van der Waals surface area contributed by atoms with Crippen LogP contribution in [-0.2, 0) is 11.2 Å². The van der Waals surface area contributed by atoms with Gasteiger partial charge in [0.1, 0.15) is 6.54 Å². The molecular weight excluding hydrogens is 224 g/mol. The highest BCUT2D eigenvalue weighted by Crippen LogP contribution is 2.02. The number of nitrogens with one attached hydrogen (secondary N) is 1. The number of rotatable bonds is 5. The van der Waals surface area contributed by atoms with Crippen molar-refractivity contribution in [2.75, 3.05) is 6.54 Å². The number of thiocarbonyl (C=S) groups is 1. The molecule has 0 radical (unpaired) electrons. The second-order valence-electron chi connectivity index (χ2n) is 3.41. The molecule has 0 aliphatic carbocycles. The fourth-order valence-electron chi connectivity index (χ4n) is 1.25. The minimum absolute atomic E-state index is 0.193. The number of carboxylic acid groups (broad SMARTS) is 1. The number of carbonyl (C=O) groups is 1. The van der Waals surface area contributed by atoms with E-state index >= 15 is 0 Å². The molecule has 0 saturated carbocycles. The van der Waals surface area contributed by atoms with Gasteiger partial charge >= 0.3 is 5.97 Å². The molecule has 0 spiro atoms. The molecule has 0 aromatic heterocycles. The third kappa shape index (κ3) is 4.37. The Kier molecular flexibility index (Phi) is 4.88. The molecule has 4 nitrogen and oxygen atoms in total. The Morgan fingerprint density at radius 1 is 1.44 bits per heavy atom. The number of hydrogen-bond donors (Lipinski definition) is 3. The van der Waals surface area contributed by atoms with Gasteiger partial charge in [0, 0.05) is 0 Å². The summed E-state index contributed by atoms with van der Waals surface area (Å²) >= 11 is 4.99. The van der Waals surface area contributed by atoms with Crippen LogP contribution < -0.4 is 11.1 Å². The van der Waals surface area contributed by atoms with Crippen molar-refractivity contribution < 1.29 is 9.90 Å². The highest BCUT2D eigenvalue weighted by molar-refractivity contribution is 7.80. The minimum Gasteiger partial charge on any atom is -0.480 e. The Balaban J connectivity index is 2.43. The van der Waals surface area contributed by atoms with Crippen LogP contribution in [-0.4, -0.2) is 28.7 Å². The maximum absolute atomic E-state index is 10.3. The van der Waals surface area contributed by atoms with Gasteiger partial charge in [-0.3, -0.25) is 4.79 Å². The Labute approximate surface area is 99.5 Å². The van der Waals surface area contributed by atoms with E-state index in [1.165, 1.54) is 0 Å². The van der Waals surface area contributed by atoms with E-state index in [-0.39, 0.29) is 12.6 Å². The van der Waals surface area contributed by atoms with Crippen molar-refractivity contribution in [3.05, 3.63) is 35.9 Å². The smallest absolute Gasteiger partial charge is 0.322 e. The van der Waals surface area contributed by atoms with Gasteiger partial charge in [0.15, 0.2) is 0 Å². The number of carboxylic acids is 1. The topological polar surface area (TPSA) is 75.3 Å². The average Bonchev–Trinajstić information content (AvgIpc) is 2.27. The second kappa shape index (κ2) is 6.19. The van der Waals surface area contributed by atoms with Crippen molar-refractivity contribution in [3.8, 4) is 0 Å². The van der Waals surface area contributed by atoms with E-state index in [0.717, 1.165) is 5.56 Å². The lowest BCUT2D eigenvalue weighted by atomic mass is 10.1. The van der Waals surface area contributed by atoms with E-state index in [1.807, 2.05) is 30.3 Å². The van der Waals surface area contributed by atoms with Crippen LogP contribution >= 0.6 is 12.2 Å². The lowest BCUT2D eigenvalue weighted by Crippen LogP contribution is -2.42. The Hall–Kier alpha value is -1.46. The number of nitrogens with two attached hydrogens (primary N) is 1. The highest BCUT2D eigenvalue weighted by Gasteiger charge is 2.10. The summed E-state index contributed by atoms with van der Waals surface area (Å²) in [6.45, 7) is -0.193. The van der Waals surface area contributed by atoms with Gasteiger partial charge in [0.25, 0.3) is 0 Å². The summed E-state index contributed by atoms with van der Waals surface area (Å²) < 4.78 is 0. The largest absolute Gasteiger partial charge is 0.480 e. The standard InChI is InChI=1S/C11H14N2O2S/c12-9(11(16)13-7-10(14)15)6-8-4-2-1-3-5-8/h1-5,9H,6-7,12H2,(H,13,16)(H,14,15)/t9-/m0/s1. The SMILES string of the molecule is N[C@@H](Cc1ccccc1)C(=S)NCC(=O)O. The van der Waals surface area contributed by atoms with E-state index in [4.69, 9.17) is 23.1 Å². The second-order valence-corrected chi connectivity index (χ2v) is 3.85. The van der Waals surface area contributed by atoms with Crippen molar-refractivity contribution >= 4 is 23.2 Å². The number of aliphatic carboxylic acids is 1. The first kappa shape index (κ1) is 12.6. The molecule has 0 aliphatic rings. The van der Waals surface area contributed by atoms with Crippen molar-refractivity contribution in [1.82, 2.24) is 5.32 Å². The maximum Gasteiger partial charge on any atom is 0.322 e. The zero-order valence-corrected chi connectivity index (χ0v) is 9.54. The monoisotopic (exact) mass is 238 g/mol. The average molecular weight is 238 g/mol. The van der Waals surface area contributed by atoms with Gasteiger partial charge in [-0.15, -0.1) is 0 Å². The highest BCUT2D eigenvalue weighted by atomic mass is 32.1. The fraction of sp³-hybridized carbons (Fsp3) is 0.273. The zero-order valence-electron chi connectivity index (χ0n) is 8.72. The molecule has 86 valence electrons. The molecule has 16 heavy (non-hydrogen) atoms. The van der Waals surface area contributed by atoms with E-state index < -0.39 is 5.97 Å². The van der Waals surface area contributed by atoms with Crippen LogP contribution in [0.4, 0.5) is 0 Å². The normalized spacial score (nSPS) is 11.8. The van der Waals surface area contributed by atoms with Crippen molar-refractivity contribution in [2.45, 2.75) is 12.5 Å². The van der Waals surface area contributed by atoms with E-state index in [9.17, 15) is 4.79 Å².